The predicted octanol–water partition coefficient (Wildman–Crippen LogP) is 5.46. The molecule has 1 N–H and O–H groups in total. The summed E-state index contributed by atoms with van der Waals surface area (Å²) in [7, 11) is 0. The van der Waals surface area contributed by atoms with Crippen molar-refractivity contribution in [3.8, 4) is 5.75 Å². The Morgan fingerprint density at radius 2 is 1.89 bits per heavy atom. The van der Waals surface area contributed by atoms with Gasteiger partial charge in [0.25, 0.3) is 0 Å². The van der Waals surface area contributed by atoms with E-state index in [-0.39, 0.29) is 12.4 Å². The van der Waals surface area contributed by atoms with Crippen molar-refractivity contribution in [3.63, 3.8) is 0 Å². The Balaban J connectivity index is 1.39. The average molecular weight is 377 g/mol. The maximum Gasteiger partial charge on any atom is 0.204 e. The van der Waals surface area contributed by atoms with Crippen LogP contribution in [0.5, 0.6) is 5.75 Å². The Morgan fingerprint density at radius 1 is 1.04 bits per heavy atom. The monoisotopic (exact) mass is 377 g/mol. The first-order valence-electron chi connectivity index (χ1n) is 8.39. The second-order valence-corrected chi connectivity index (χ2v) is 6.84. The van der Waals surface area contributed by atoms with Crippen molar-refractivity contribution in [2.75, 3.05) is 5.43 Å². The van der Waals surface area contributed by atoms with Gasteiger partial charge in [-0.2, -0.15) is 5.10 Å². The van der Waals surface area contributed by atoms with Gasteiger partial charge in [-0.25, -0.2) is 9.37 Å². The van der Waals surface area contributed by atoms with Crippen LogP contribution in [0.2, 0.25) is 0 Å². The molecule has 4 nitrogen and oxygen atoms in total. The maximum atomic E-state index is 13.7. The van der Waals surface area contributed by atoms with Crippen LogP contribution in [0.3, 0.4) is 0 Å². The fourth-order valence-corrected chi connectivity index (χ4v) is 3.36. The molecular formula is C21H16FN3OS. The summed E-state index contributed by atoms with van der Waals surface area (Å²) in [5.74, 6) is 0.387. The molecule has 0 saturated heterocycles. The first-order valence-corrected chi connectivity index (χ1v) is 9.20. The van der Waals surface area contributed by atoms with E-state index in [4.69, 9.17) is 4.74 Å². The molecule has 0 aliphatic carbocycles. The third kappa shape index (κ3) is 4.30. The number of hydrazone groups is 1. The van der Waals surface area contributed by atoms with Gasteiger partial charge < -0.3 is 4.74 Å². The average Bonchev–Trinajstić information content (AvgIpc) is 3.10. The van der Waals surface area contributed by atoms with E-state index in [9.17, 15) is 4.39 Å². The van der Waals surface area contributed by atoms with Crippen molar-refractivity contribution < 1.29 is 9.13 Å². The minimum Gasteiger partial charge on any atom is -0.489 e. The quantitative estimate of drug-likeness (QED) is 0.358. The number of anilines is 1. The highest BCUT2D eigenvalue weighted by Crippen LogP contribution is 2.25. The van der Waals surface area contributed by atoms with Gasteiger partial charge in [0.2, 0.25) is 5.13 Å². The first-order chi connectivity index (χ1) is 13.3. The summed E-state index contributed by atoms with van der Waals surface area (Å²) in [4.78, 5) is 4.47. The topological polar surface area (TPSA) is 46.5 Å². The van der Waals surface area contributed by atoms with E-state index in [0.29, 0.717) is 11.3 Å². The number of halogens is 1. The predicted molar refractivity (Wildman–Crippen MR) is 108 cm³/mol. The number of nitrogens with one attached hydrogen (secondary N) is 1. The smallest absolute Gasteiger partial charge is 0.204 e. The zero-order valence-corrected chi connectivity index (χ0v) is 15.1. The Morgan fingerprint density at radius 3 is 2.78 bits per heavy atom. The molecule has 4 rings (SSSR count). The maximum absolute atomic E-state index is 13.7. The summed E-state index contributed by atoms with van der Waals surface area (Å²) in [6.45, 7) is 0.178. The number of thiazole rings is 1. The lowest BCUT2D eigenvalue weighted by molar-refractivity contribution is 0.300. The molecule has 0 spiro atoms. The molecule has 0 aliphatic rings. The van der Waals surface area contributed by atoms with Gasteiger partial charge in [0.15, 0.2) is 0 Å². The number of ether oxygens (including phenoxy) is 1. The highest BCUT2D eigenvalue weighted by Gasteiger charge is 2.03. The number of hydrogen-bond acceptors (Lipinski definition) is 5. The summed E-state index contributed by atoms with van der Waals surface area (Å²) in [5, 5.41) is 4.97. The third-order valence-electron chi connectivity index (χ3n) is 3.88. The van der Waals surface area contributed by atoms with Gasteiger partial charge in [-0.15, -0.1) is 0 Å². The van der Waals surface area contributed by atoms with Crippen molar-refractivity contribution >= 4 is 32.9 Å². The van der Waals surface area contributed by atoms with E-state index in [2.05, 4.69) is 15.5 Å². The summed E-state index contributed by atoms with van der Waals surface area (Å²) >= 11 is 1.55. The molecule has 0 radical (unpaired) electrons. The normalized spacial score (nSPS) is 11.1. The van der Waals surface area contributed by atoms with Gasteiger partial charge >= 0.3 is 0 Å². The van der Waals surface area contributed by atoms with Crippen LogP contribution in [0.15, 0.2) is 77.9 Å². The molecule has 0 amide bonds. The highest BCUT2D eigenvalue weighted by atomic mass is 32.1. The number of hydrogen-bond donors (Lipinski definition) is 1. The number of nitrogens with zero attached hydrogens (tertiary/aromatic N) is 2. The summed E-state index contributed by atoms with van der Waals surface area (Å²) in [6, 6.07) is 22.0. The van der Waals surface area contributed by atoms with Gasteiger partial charge in [0.1, 0.15) is 18.2 Å². The standard InChI is InChI=1S/C21H16FN3OS/c22-18-9-2-1-7-16(18)14-26-17-8-5-6-15(12-17)13-23-25-21-24-19-10-3-4-11-20(19)27-21/h1-13H,14H2,(H,24,25)/b23-13+. The number of fused-ring (bicyclic) bond motifs is 1. The number of aromatic nitrogens is 1. The fourth-order valence-electron chi connectivity index (χ4n) is 2.54. The molecular weight excluding hydrogens is 361 g/mol. The molecule has 0 unspecified atom stereocenters. The van der Waals surface area contributed by atoms with Crippen LogP contribution in [-0.2, 0) is 6.61 Å². The zero-order chi connectivity index (χ0) is 18.5. The van der Waals surface area contributed by atoms with Crippen LogP contribution in [0.25, 0.3) is 10.2 Å². The lowest BCUT2D eigenvalue weighted by atomic mass is 10.2. The minimum absolute atomic E-state index is 0.178. The van der Waals surface area contributed by atoms with Gasteiger partial charge in [0.05, 0.1) is 16.4 Å². The minimum atomic E-state index is -0.268. The summed E-state index contributed by atoms with van der Waals surface area (Å²) < 4.78 is 20.5. The van der Waals surface area contributed by atoms with Crippen LogP contribution < -0.4 is 10.2 Å². The molecule has 1 heterocycles. The lowest BCUT2D eigenvalue weighted by Crippen LogP contribution is -1.98. The van der Waals surface area contributed by atoms with Crippen LogP contribution in [-0.4, -0.2) is 11.2 Å². The molecule has 134 valence electrons. The molecule has 4 aromatic rings. The second-order valence-electron chi connectivity index (χ2n) is 5.81. The third-order valence-corrected chi connectivity index (χ3v) is 4.82. The van der Waals surface area contributed by atoms with E-state index in [0.717, 1.165) is 20.9 Å². The molecule has 3 aromatic carbocycles. The van der Waals surface area contributed by atoms with Crippen LogP contribution in [0, 0.1) is 5.82 Å². The van der Waals surface area contributed by atoms with Gasteiger partial charge in [-0.3, -0.25) is 5.43 Å². The van der Waals surface area contributed by atoms with Crippen molar-refractivity contribution in [1.29, 1.82) is 0 Å². The van der Waals surface area contributed by atoms with Crippen LogP contribution in [0.4, 0.5) is 9.52 Å². The summed E-state index contributed by atoms with van der Waals surface area (Å²) in [6.07, 6.45) is 1.70. The summed E-state index contributed by atoms with van der Waals surface area (Å²) in [5.41, 5.74) is 5.29. The van der Waals surface area contributed by atoms with Crippen molar-refractivity contribution in [1.82, 2.24) is 4.98 Å². The molecule has 0 bridgehead atoms. The molecule has 0 aliphatic heterocycles. The van der Waals surface area contributed by atoms with Gasteiger partial charge in [-0.1, -0.05) is 53.8 Å². The number of benzene rings is 3. The Hall–Kier alpha value is -3.25. The van der Waals surface area contributed by atoms with Crippen LogP contribution in [0.1, 0.15) is 11.1 Å². The molecule has 27 heavy (non-hydrogen) atoms. The molecule has 0 atom stereocenters. The molecule has 6 heteroatoms. The number of para-hydroxylation sites is 1. The molecule has 0 fully saturated rings. The zero-order valence-electron chi connectivity index (χ0n) is 14.3. The van der Waals surface area contributed by atoms with E-state index in [1.807, 2.05) is 48.5 Å². The van der Waals surface area contributed by atoms with E-state index < -0.39 is 0 Å². The first kappa shape index (κ1) is 17.2. The Labute approximate surface area is 160 Å². The lowest BCUT2D eigenvalue weighted by Gasteiger charge is -2.07. The van der Waals surface area contributed by atoms with Crippen molar-refractivity contribution in [2.45, 2.75) is 6.61 Å². The molecule has 0 saturated carbocycles. The SMILES string of the molecule is Fc1ccccc1COc1cccc(/C=N/Nc2nc3ccccc3s2)c1. The second kappa shape index (κ2) is 7.97. The van der Waals surface area contributed by atoms with Gasteiger partial charge in [0, 0.05) is 5.56 Å². The Bertz CT molecular complexity index is 1060. The van der Waals surface area contributed by atoms with Crippen molar-refractivity contribution in [3.05, 3.63) is 89.7 Å². The largest absolute Gasteiger partial charge is 0.489 e. The number of rotatable bonds is 6. The fraction of sp³-hybridized carbons (Fsp3) is 0.0476. The van der Waals surface area contributed by atoms with E-state index in [1.165, 1.54) is 6.07 Å². The molecule has 1 aromatic heterocycles. The Kier molecular flexibility index (Phi) is 5.07. The van der Waals surface area contributed by atoms with Crippen molar-refractivity contribution in [2.24, 2.45) is 5.10 Å². The van der Waals surface area contributed by atoms with Crippen LogP contribution >= 0.6 is 11.3 Å². The van der Waals surface area contributed by atoms with Gasteiger partial charge in [-0.05, 0) is 35.9 Å². The van der Waals surface area contributed by atoms with E-state index >= 15 is 0 Å². The van der Waals surface area contributed by atoms with E-state index in [1.54, 1.807) is 35.8 Å². The highest BCUT2D eigenvalue weighted by molar-refractivity contribution is 7.22.